The molecule has 0 saturated heterocycles. The number of aryl methyl sites for hydroxylation is 1. The van der Waals surface area contributed by atoms with Crippen molar-refractivity contribution in [1.29, 1.82) is 0 Å². The summed E-state index contributed by atoms with van der Waals surface area (Å²) in [6.07, 6.45) is 0.612. The molecule has 1 aromatic heterocycles. The lowest BCUT2D eigenvalue weighted by atomic mass is 10.2. The Balaban J connectivity index is 3.13. The lowest BCUT2D eigenvalue weighted by molar-refractivity contribution is -0.124. The van der Waals surface area contributed by atoms with Crippen LogP contribution in [0.4, 0.5) is 0 Å². The zero-order valence-corrected chi connectivity index (χ0v) is 9.80. The lowest BCUT2D eigenvalue weighted by Gasteiger charge is -2.15. The van der Waals surface area contributed by atoms with Crippen molar-refractivity contribution in [1.82, 2.24) is 15.2 Å². The highest BCUT2D eigenvalue weighted by Crippen LogP contribution is 2.23. The minimum atomic E-state index is -0.402. The van der Waals surface area contributed by atoms with Crippen molar-refractivity contribution >= 4 is 17.5 Å². The Morgan fingerprint density at radius 3 is 2.60 bits per heavy atom. The summed E-state index contributed by atoms with van der Waals surface area (Å²) in [6.45, 7) is 5.53. The van der Waals surface area contributed by atoms with Crippen molar-refractivity contribution in [3.05, 3.63) is 16.4 Å². The largest absolute Gasteiger partial charge is 0.292 e. The minimum absolute atomic E-state index is 0.264. The Morgan fingerprint density at radius 2 is 2.27 bits per heavy atom. The summed E-state index contributed by atoms with van der Waals surface area (Å²) < 4.78 is 1.61. The van der Waals surface area contributed by atoms with Gasteiger partial charge in [-0.3, -0.25) is 14.9 Å². The Labute approximate surface area is 93.6 Å². The third-order valence-corrected chi connectivity index (χ3v) is 2.91. The van der Waals surface area contributed by atoms with Crippen LogP contribution in [0.1, 0.15) is 30.8 Å². The molecule has 1 amide bonds. The average Bonchev–Trinajstić information content (AvgIpc) is 2.47. The first-order valence-electron chi connectivity index (χ1n) is 4.74. The van der Waals surface area contributed by atoms with Gasteiger partial charge in [0, 0.05) is 0 Å². The highest BCUT2D eigenvalue weighted by atomic mass is 35.5. The highest BCUT2D eigenvalue weighted by molar-refractivity contribution is 6.31. The molecule has 1 unspecified atom stereocenters. The van der Waals surface area contributed by atoms with E-state index < -0.39 is 6.04 Å². The predicted molar refractivity (Wildman–Crippen MR) is 58.4 cm³/mol. The number of rotatable bonds is 3. The van der Waals surface area contributed by atoms with Crippen LogP contribution in [0.15, 0.2) is 0 Å². The maximum atomic E-state index is 11.5. The third kappa shape index (κ3) is 2.13. The van der Waals surface area contributed by atoms with Gasteiger partial charge < -0.3 is 0 Å². The van der Waals surface area contributed by atoms with E-state index in [1.54, 1.807) is 11.6 Å². The Hall–Kier alpha value is -1.07. The summed E-state index contributed by atoms with van der Waals surface area (Å²) in [7, 11) is 0. The van der Waals surface area contributed by atoms with Crippen LogP contribution in [0.2, 0.25) is 5.02 Å². The van der Waals surface area contributed by atoms with E-state index in [4.69, 9.17) is 17.4 Å². The summed E-state index contributed by atoms with van der Waals surface area (Å²) in [5, 5.41) is 4.81. The van der Waals surface area contributed by atoms with Gasteiger partial charge >= 0.3 is 0 Å². The standard InChI is InChI=1S/C9H15ClN4O/c1-4-7(9(15)12-11)14-6(3)8(10)5(2)13-14/h7H,4,11H2,1-3H3,(H,12,15). The van der Waals surface area contributed by atoms with Gasteiger partial charge in [0.1, 0.15) is 6.04 Å². The first-order chi connectivity index (χ1) is 7.02. The van der Waals surface area contributed by atoms with Crippen molar-refractivity contribution in [3.63, 3.8) is 0 Å². The molecule has 6 heteroatoms. The van der Waals surface area contributed by atoms with Gasteiger partial charge in [-0.15, -0.1) is 0 Å². The topological polar surface area (TPSA) is 72.9 Å². The summed E-state index contributed by atoms with van der Waals surface area (Å²) in [4.78, 5) is 11.5. The van der Waals surface area contributed by atoms with Gasteiger partial charge in [-0.05, 0) is 20.3 Å². The van der Waals surface area contributed by atoms with E-state index in [0.717, 1.165) is 11.4 Å². The monoisotopic (exact) mass is 230 g/mol. The van der Waals surface area contributed by atoms with Gasteiger partial charge in [-0.2, -0.15) is 5.10 Å². The molecule has 0 bridgehead atoms. The van der Waals surface area contributed by atoms with E-state index in [2.05, 4.69) is 10.5 Å². The van der Waals surface area contributed by atoms with Crippen LogP contribution in [0.25, 0.3) is 0 Å². The Bertz CT molecular complexity index is 374. The molecule has 0 fully saturated rings. The minimum Gasteiger partial charge on any atom is -0.292 e. The number of nitrogens with zero attached hydrogens (tertiary/aromatic N) is 2. The molecular weight excluding hydrogens is 216 g/mol. The van der Waals surface area contributed by atoms with E-state index in [1.165, 1.54) is 0 Å². The first kappa shape index (κ1) is 12.0. The zero-order chi connectivity index (χ0) is 11.6. The molecule has 15 heavy (non-hydrogen) atoms. The van der Waals surface area contributed by atoms with E-state index in [0.29, 0.717) is 11.4 Å². The van der Waals surface area contributed by atoms with Crippen LogP contribution in [-0.4, -0.2) is 15.7 Å². The first-order valence-corrected chi connectivity index (χ1v) is 5.12. The van der Waals surface area contributed by atoms with Crippen molar-refractivity contribution in [2.24, 2.45) is 5.84 Å². The van der Waals surface area contributed by atoms with Gasteiger partial charge in [-0.25, -0.2) is 5.84 Å². The van der Waals surface area contributed by atoms with Gasteiger partial charge in [0.15, 0.2) is 0 Å². The normalized spacial score (nSPS) is 12.6. The molecule has 84 valence electrons. The lowest BCUT2D eigenvalue weighted by Crippen LogP contribution is -2.37. The number of amides is 1. The number of aromatic nitrogens is 2. The molecule has 0 aliphatic heterocycles. The number of hydrazine groups is 1. The summed E-state index contributed by atoms with van der Waals surface area (Å²) in [5.74, 6) is 4.84. The van der Waals surface area contributed by atoms with Crippen molar-refractivity contribution in [2.45, 2.75) is 33.2 Å². The fourth-order valence-corrected chi connectivity index (χ4v) is 1.64. The summed E-state index contributed by atoms with van der Waals surface area (Å²) in [5.41, 5.74) is 3.63. The number of halogens is 1. The second-order valence-electron chi connectivity index (χ2n) is 3.36. The van der Waals surface area contributed by atoms with Gasteiger partial charge in [0.05, 0.1) is 16.4 Å². The number of carbonyl (C=O) groups excluding carboxylic acids is 1. The van der Waals surface area contributed by atoms with E-state index in [9.17, 15) is 4.79 Å². The van der Waals surface area contributed by atoms with Gasteiger partial charge in [0.25, 0.3) is 5.91 Å². The van der Waals surface area contributed by atoms with Crippen LogP contribution >= 0.6 is 11.6 Å². The molecule has 0 spiro atoms. The van der Waals surface area contributed by atoms with E-state index in [-0.39, 0.29) is 5.91 Å². The molecule has 5 nitrogen and oxygen atoms in total. The molecule has 0 aromatic carbocycles. The fourth-order valence-electron chi connectivity index (χ4n) is 1.51. The Morgan fingerprint density at radius 1 is 1.67 bits per heavy atom. The number of carbonyl (C=O) groups is 1. The number of nitrogens with two attached hydrogens (primary N) is 1. The molecule has 3 N–H and O–H groups in total. The molecule has 1 aromatic rings. The maximum Gasteiger partial charge on any atom is 0.258 e. The summed E-state index contributed by atoms with van der Waals surface area (Å²) >= 11 is 6.00. The van der Waals surface area contributed by atoms with Crippen LogP contribution < -0.4 is 11.3 Å². The Kier molecular flexibility index (Phi) is 3.71. The molecule has 1 atom stereocenters. The average molecular weight is 231 g/mol. The molecule has 0 radical (unpaired) electrons. The fraction of sp³-hybridized carbons (Fsp3) is 0.556. The van der Waals surface area contributed by atoms with Gasteiger partial charge in [0.2, 0.25) is 0 Å². The van der Waals surface area contributed by atoms with Crippen molar-refractivity contribution < 1.29 is 4.79 Å². The van der Waals surface area contributed by atoms with Crippen LogP contribution in [0.5, 0.6) is 0 Å². The number of hydrogen-bond donors (Lipinski definition) is 2. The molecule has 1 rings (SSSR count). The maximum absolute atomic E-state index is 11.5. The van der Waals surface area contributed by atoms with E-state index >= 15 is 0 Å². The number of hydrogen-bond acceptors (Lipinski definition) is 3. The molecule has 0 aliphatic rings. The number of nitrogens with one attached hydrogen (secondary N) is 1. The highest BCUT2D eigenvalue weighted by Gasteiger charge is 2.22. The molecular formula is C9H15ClN4O. The zero-order valence-electron chi connectivity index (χ0n) is 9.04. The molecule has 1 heterocycles. The van der Waals surface area contributed by atoms with Crippen molar-refractivity contribution in [2.75, 3.05) is 0 Å². The quantitative estimate of drug-likeness (QED) is 0.464. The molecule has 0 aliphatic carbocycles. The van der Waals surface area contributed by atoms with E-state index in [1.807, 2.05) is 13.8 Å². The van der Waals surface area contributed by atoms with Crippen LogP contribution in [0.3, 0.4) is 0 Å². The SMILES string of the molecule is CCC(C(=O)NN)n1nc(C)c(Cl)c1C. The van der Waals surface area contributed by atoms with Crippen molar-refractivity contribution in [3.8, 4) is 0 Å². The smallest absolute Gasteiger partial charge is 0.258 e. The second kappa shape index (κ2) is 4.63. The van der Waals surface area contributed by atoms with Crippen LogP contribution in [0, 0.1) is 13.8 Å². The molecule has 0 saturated carbocycles. The second-order valence-corrected chi connectivity index (χ2v) is 3.74. The summed E-state index contributed by atoms with van der Waals surface area (Å²) in [6, 6.07) is -0.402. The van der Waals surface area contributed by atoms with Crippen LogP contribution in [-0.2, 0) is 4.79 Å². The third-order valence-electron chi connectivity index (χ3n) is 2.36. The van der Waals surface area contributed by atoms with Gasteiger partial charge in [-0.1, -0.05) is 18.5 Å². The predicted octanol–water partition coefficient (Wildman–Crippen LogP) is 1.09.